The van der Waals surface area contributed by atoms with Gasteiger partial charge in [-0.2, -0.15) is 0 Å². The number of ketones is 1. The molecule has 0 aliphatic carbocycles. The Balaban J connectivity index is 4.22. The predicted molar refractivity (Wildman–Crippen MR) is 99.7 cm³/mol. The van der Waals surface area contributed by atoms with Gasteiger partial charge in [-0.05, 0) is 19.8 Å². The van der Waals surface area contributed by atoms with Crippen LogP contribution in [0.3, 0.4) is 0 Å². The van der Waals surface area contributed by atoms with E-state index < -0.39 is 29.7 Å². The average Bonchev–Trinajstić information content (AvgIpc) is 2.60. The van der Waals surface area contributed by atoms with Crippen LogP contribution in [-0.4, -0.2) is 41.6 Å². The van der Waals surface area contributed by atoms with E-state index in [2.05, 4.69) is 13.8 Å². The summed E-state index contributed by atoms with van der Waals surface area (Å²) < 4.78 is 10.0. The quantitative estimate of drug-likeness (QED) is 0.252. The van der Waals surface area contributed by atoms with Crippen LogP contribution < -0.4 is 0 Å². The molecule has 1 N–H and O–H groups in total. The topological polar surface area (TPSA) is 89.9 Å². The Kier molecular flexibility index (Phi) is 13.9. The van der Waals surface area contributed by atoms with Crippen LogP contribution in [0.4, 0.5) is 0 Å². The van der Waals surface area contributed by atoms with Crippen molar-refractivity contribution in [1.29, 1.82) is 0 Å². The maximum atomic E-state index is 12.1. The van der Waals surface area contributed by atoms with Gasteiger partial charge in [-0.1, -0.05) is 65.2 Å². The Labute approximate surface area is 157 Å². The minimum Gasteiger partial charge on any atom is -0.466 e. The van der Waals surface area contributed by atoms with Gasteiger partial charge in [0.05, 0.1) is 19.6 Å². The van der Waals surface area contributed by atoms with E-state index in [4.69, 9.17) is 9.47 Å². The highest BCUT2D eigenvalue weighted by Gasteiger charge is 2.45. The molecular formula is C20H36O6. The van der Waals surface area contributed by atoms with Gasteiger partial charge in [0, 0.05) is 0 Å². The molecule has 1 unspecified atom stereocenters. The average molecular weight is 373 g/mol. The lowest BCUT2D eigenvalue weighted by Crippen LogP contribution is -2.48. The highest BCUT2D eigenvalue weighted by atomic mass is 16.6. The molecule has 0 fully saturated rings. The van der Waals surface area contributed by atoms with Crippen molar-refractivity contribution in [3.8, 4) is 0 Å². The first-order valence-electron chi connectivity index (χ1n) is 9.94. The van der Waals surface area contributed by atoms with Crippen LogP contribution in [0.2, 0.25) is 0 Å². The van der Waals surface area contributed by atoms with E-state index in [0.717, 1.165) is 45.4 Å². The van der Waals surface area contributed by atoms with Crippen molar-refractivity contribution in [3.05, 3.63) is 0 Å². The van der Waals surface area contributed by atoms with Gasteiger partial charge in [-0.3, -0.25) is 9.59 Å². The Morgan fingerprint density at radius 3 is 1.77 bits per heavy atom. The maximum absolute atomic E-state index is 12.1. The summed E-state index contributed by atoms with van der Waals surface area (Å²) in [6.45, 7) is 5.64. The van der Waals surface area contributed by atoms with Crippen molar-refractivity contribution < 1.29 is 29.0 Å². The summed E-state index contributed by atoms with van der Waals surface area (Å²) >= 11 is 0. The molecule has 1 atom stereocenters. The minimum absolute atomic E-state index is 0.126. The third-order valence-corrected chi connectivity index (χ3v) is 4.31. The third-order valence-electron chi connectivity index (χ3n) is 4.31. The van der Waals surface area contributed by atoms with E-state index in [1.54, 1.807) is 0 Å². The van der Waals surface area contributed by atoms with Crippen molar-refractivity contribution in [2.75, 3.05) is 13.2 Å². The maximum Gasteiger partial charge on any atom is 0.346 e. The molecule has 0 saturated heterocycles. The van der Waals surface area contributed by atoms with Crippen LogP contribution in [-0.2, 0) is 23.9 Å². The molecular weight excluding hydrogens is 336 g/mol. The monoisotopic (exact) mass is 372 g/mol. The first kappa shape index (κ1) is 24.6. The molecule has 6 nitrogen and oxygen atoms in total. The molecule has 26 heavy (non-hydrogen) atoms. The van der Waals surface area contributed by atoms with E-state index in [0.29, 0.717) is 6.42 Å². The van der Waals surface area contributed by atoms with Gasteiger partial charge in [-0.15, -0.1) is 0 Å². The lowest BCUT2D eigenvalue weighted by molar-refractivity contribution is -0.176. The SMILES string of the molecule is CCCCCCCCOC(=O)CC(O)(C(C)=O)C(=O)OCCCCCC. The number of hydrogen-bond donors (Lipinski definition) is 1. The minimum atomic E-state index is -2.46. The van der Waals surface area contributed by atoms with Gasteiger partial charge in [0.25, 0.3) is 0 Å². The number of carbonyl (C=O) groups excluding carboxylic acids is 3. The number of hydrogen-bond acceptors (Lipinski definition) is 6. The van der Waals surface area contributed by atoms with Gasteiger partial charge in [0.15, 0.2) is 5.78 Å². The Hall–Kier alpha value is -1.43. The Morgan fingerprint density at radius 1 is 0.769 bits per heavy atom. The van der Waals surface area contributed by atoms with Gasteiger partial charge in [-0.25, -0.2) is 4.79 Å². The summed E-state index contributed by atoms with van der Waals surface area (Å²) in [4.78, 5) is 35.6. The zero-order chi connectivity index (χ0) is 19.8. The molecule has 0 heterocycles. The lowest BCUT2D eigenvalue weighted by Gasteiger charge is -2.22. The van der Waals surface area contributed by atoms with Crippen molar-refractivity contribution in [3.63, 3.8) is 0 Å². The molecule has 0 aromatic rings. The van der Waals surface area contributed by atoms with E-state index in [9.17, 15) is 19.5 Å². The van der Waals surface area contributed by atoms with E-state index >= 15 is 0 Å². The zero-order valence-electron chi connectivity index (χ0n) is 16.7. The fraction of sp³-hybridized carbons (Fsp3) is 0.850. The van der Waals surface area contributed by atoms with E-state index in [1.807, 2.05) is 0 Å². The number of aliphatic hydroxyl groups is 1. The zero-order valence-corrected chi connectivity index (χ0v) is 16.7. The van der Waals surface area contributed by atoms with E-state index in [1.165, 1.54) is 19.3 Å². The van der Waals surface area contributed by atoms with Gasteiger partial charge in [0.1, 0.15) is 0 Å². The summed E-state index contributed by atoms with van der Waals surface area (Å²) in [6.07, 6.45) is 9.27. The smallest absolute Gasteiger partial charge is 0.346 e. The second-order valence-electron chi connectivity index (χ2n) is 6.78. The molecule has 0 aromatic carbocycles. The van der Waals surface area contributed by atoms with Crippen LogP contribution in [0.25, 0.3) is 0 Å². The molecule has 0 saturated carbocycles. The van der Waals surface area contributed by atoms with Crippen molar-refractivity contribution in [1.82, 2.24) is 0 Å². The normalized spacial score (nSPS) is 13.1. The fourth-order valence-electron chi connectivity index (χ4n) is 2.48. The molecule has 0 aromatic heterocycles. The highest BCUT2D eigenvalue weighted by Crippen LogP contribution is 2.16. The van der Waals surface area contributed by atoms with Gasteiger partial charge >= 0.3 is 11.9 Å². The molecule has 0 amide bonds. The largest absolute Gasteiger partial charge is 0.466 e. The number of esters is 2. The number of unbranched alkanes of at least 4 members (excludes halogenated alkanes) is 8. The summed E-state index contributed by atoms with van der Waals surface area (Å²) in [6, 6.07) is 0. The molecule has 0 aliphatic heterocycles. The molecule has 0 radical (unpaired) electrons. The first-order chi connectivity index (χ1) is 12.4. The van der Waals surface area contributed by atoms with Gasteiger partial charge < -0.3 is 14.6 Å². The number of Topliss-reactive ketones (excluding diaryl/α,β-unsaturated/α-hetero) is 1. The lowest BCUT2D eigenvalue weighted by atomic mass is 9.95. The van der Waals surface area contributed by atoms with Crippen LogP contribution in [0.5, 0.6) is 0 Å². The highest BCUT2D eigenvalue weighted by molar-refractivity contribution is 6.08. The van der Waals surface area contributed by atoms with Gasteiger partial charge in [0.2, 0.25) is 5.60 Å². The molecule has 0 rings (SSSR count). The summed E-state index contributed by atoms with van der Waals surface area (Å²) in [7, 11) is 0. The van der Waals surface area contributed by atoms with Crippen LogP contribution in [0.15, 0.2) is 0 Å². The Bertz CT molecular complexity index is 421. The predicted octanol–water partition coefficient (Wildman–Crippen LogP) is 3.72. The molecule has 0 aliphatic rings. The second kappa shape index (κ2) is 14.7. The summed E-state index contributed by atoms with van der Waals surface area (Å²) in [5, 5.41) is 10.3. The fourth-order valence-corrected chi connectivity index (χ4v) is 2.48. The number of rotatable bonds is 16. The first-order valence-corrected chi connectivity index (χ1v) is 9.94. The van der Waals surface area contributed by atoms with Crippen LogP contribution in [0, 0.1) is 0 Å². The summed E-state index contributed by atoms with van der Waals surface area (Å²) in [5.41, 5.74) is -2.46. The standard InChI is InChI=1S/C20H36O6/c1-4-6-8-10-11-13-14-25-18(22)16-20(24,17(3)21)19(23)26-15-12-9-7-5-2/h24H,4-16H2,1-3H3. The number of carbonyl (C=O) groups is 3. The molecule has 152 valence electrons. The van der Waals surface area contributed by atoms with Crippen molar-refractivity contribution in [2.24, 2.45) is 0 Å². The third kappa shape index (κ3) is 10.5. The van der Waals surface area contributed by atoms with Crippen LogP contribution >= 0.6 is 0 Å². The molecule has 6 heteroatoms. The Morgan fingerprint density at radius 2 is 1.23 bits per heavy atom. The molecule has 0 spiro atoms. The second-order valence-corrected chi connectivity index (χ2v) is 6.78. The van der Waals surface area contributed by atoms with Crippen molar-refractivity contribution >= 4 is 17.7 Å². The summed E-state index contributed by atoms with van der Waals surface area (Å²) in [5.74, 6) is -2.65. The van der Waals surface area contributed by atoms with Crippen molar-refractivity contribution in [2.45, 2.75) is 97.0 Å². The van der Waals surface area contributed by atoms with Crippen LogP contribution in [0.1, 0.15) is 91.4 Å². The number of ether oxygens (including phenoxy) is 2. The molecule has 0 bridgehead atoms. The van der Waals surface area contributed by atoms with E-state index in [-0.39, 0.29) is 13.2 Å².